The normalized spacial score (nSPS) is 18.4. The highest BCUT2D eigenvalue weighted by Gasteiger charge is 2.31. The molecule has 4 rings (SSSR count). The highest BCUT2D eigenvalue weighted by Crippen LogP contribution is 2.32. The first-order chi connectivity index (χ1) is 18.6. The van der Waals surface area contributed by atoms with Crippen molar-refractivity contribution in [3.63, 3.8) is 0 Å². The molecule has 0 saturated carbocycles. The van der Waals surface area contributed by atoms with Crippen LogP contribution >= 0.6 is 0 Å². The second-order valence-corrected chi connectivity index (χ2v) is 9.54. The number of alkyl halides is 3. The number of amides is 1. The van der Waals surface area contributed by atoms with Gasteiger partial charge in [-0.3, -0.25) is 4.79 Å². The van der Waals surface area contributed by atoms with Crippen molar-refractivity contribution in [2.75, 3.05) is 18.5 Å². The Bertz CT molecular complexity index is 1240. The molecule has 1 heterocycles. The number of morpholine rings is 1. The largest absolute Gasteiger partial charge is 0.573 e. The average Bonchev–Trinajstić information content (AvgIpc) is 2.88. The van der Waals surface area contributed by atoms with Crippen LogP contribution in [0, 0.1) is 11.6 Å². The summed E-state index contributed by atoms with van der Waals surface area (Å²) in [6, 6.07) is 15.4. The van der Waals surface area contributed by atoms with Gasteiger partial charge in [0.15, 0.2) is 0 Å². The van der Waals surface area contributed by atoms with Crippen LogP contribution in [-0.2, 0) is 16.0 Å². The zero-order valence-electron chi connectivity index (χ0n) is 21.2. The SMILES string of the molecule is C[C@H]1CO[C@H](CCc2c(F)cccc2NC(=O)C[C@@H](c2ccc(F)cc2)c2ccc(OC(F)(F)F)cc2)CN1. The highest BCUT2D eigenvalue weighted by molar-refractivity contribution is 5.92. The minimum atomic E-state index is -4.83. The number of carbonyl (C=O) groups is 1. The number of rotatable bonds is 9. The number of anilines is 1. The van der Waals surface area contributed by atoms with Gasteiger partial charge in [0, 0.05) is 36.2 Å². The molecule has 0 aliphatic carbocycles. The molecule has 0 radical (unpaired) electrons. The van der Waals surface area contributed by atoms with E-state index in [9.17, 15) is 26.7 Å². The van der Waals surface area contributed by atoms with E-state index in [-0.39, 0.29) is 18.6 Å². The lowest BCUT2D eigenvalue weighted by molar-refractivity contribution is -0.274. The predicted molar refractivity (Wildman–Crippen MR) is 137 cm³/mol. The van der Waals surface area contributed by atoms with Crippen molar-refractivity contribution in [1.29, 1.82) is 0 Å². The van der Waals surface area contributed by atoms with Crippen LogP contribution in [0.5, 0.6) is 5.75 Å². The van der Waals surface area contributed by atoms with Gasteiger partial charge in [0.05, 0.1) is 12.7 Å². The Hall–Kier alpha value is -3.50. The van der Waals surface area contributed by atoms with Gasteiger partial charge in [-0.1, -0.05) is 30.3 Å². The van der Waals surface area contributed by atoms with Gasteiger partial charge in [-0.2, -0.15) is 0 Å². The van der Waals surface area contributed by atoms with Gasteiger partial charge in [0.2, 0.25) is 5.91 Å². The van der Waals surface area contributed by atoms with Crippen LogP contribution in [0.3, 0.4) is 0 Å². The summed E-state index contributed by atoms with van der Waals surface area (Å²) >= 11 is 0. The van der Waals surface area contributed by atoms with E-state index in [1.807, 2.05) is 6.92 Å². The standard InChI is InChI=1S/C29H29F5N2O3/c1-18-17-38-23(16-35-18)13-14-24-26(31)3-2-4-27(24)36-28(37)15-25(19-5-9-21(30)10-6-19)20-7-11-22(12-8-20)39-29(32,33)34/h2-12,18,23,25,35H,13-17H2,1H3,(H,36,37)/t18-,23+,25-/m0/s1. The van der Waals surface area contributed by atoms with E-state index in [0.717, 1.165) is 12.1 Å². The molecule has 3 aromatic rings. The maximum Gasteiger partial charge on any atom is 0.573 e. The minimum absolute atomic E-state index is 0.0727. The van der Waals surface area contributed by atoms with Crippen LogP contribution in [0.25, 0.3) is 0 Å². The Morgan fingerprint density at radius 2 is 1.72 bits per heavy atom. The maximum atomic E-state index is 14.8. The summed E-state index contributed by atoms with van der Waals surface area (Å²) < 4.78 is 75.8. The summed E-state index contributed by atoms with van der Waals surface area (Å²) in [6.45, 7) is 3.24. The molecule has 3 atom stereocenters. The van der Waals surface area contributed by atoms with Gasteiger partial charge in [-0.25, -0.2) is 8.78 Å². The predicted octanol–water partition coefficient (Wildman–Crippen LogP) is 6.33. The molecule has 1 fully saturated rings. The van der Waals surface area contributed by atoms with Crippen LogP contribution < -0.4 is 15.4 Å². The topological polar surface area (TPSA) is 59.6 Å². The molecule has 2 N–H and O–H groups in total. The Morgan fingerprint density at radius 3 is 2.33 bits per heavy atom. The van der Waals surface area contributed by atoms with E-state index in [1.54, 1.807) is 6.07 Å². The number of carbonyl (C=O) groups excluding carboxylic acids is 1. The fourth-order valence-corrected chi connectivity index (χ4v) is 4.56. The zero-order valence-corrected chi connectivity index (χ0v) is 21.2. The van der Waals surface area contributed by atoms with E-state index in [1.165, 1.54) is 48.5 Å². The van der Waals surface area contributed by atoms with E-state index >= 15 is 0 Å². The van der Waals surface area contributed by atoms with E-state index < -0.39 is 35.6 Å². The molecule has 0 aromatic heterocycles. The number of ether oxygens (including phenoxy) is 2. The molecule has 39 heavy (non-hydrogen) atoms. The monoisotopic (exact) mass is 548 g/mol. The summed E-state index contributed by atoms with van der Waals surface area (Å²) in [5.74, 6) is -2.35. The number of nitrogens with one attached hydrogen (secondary N) is 2. The fourth-order valence-electron chi connectivity index (χ4n) is 4.56. The van der Waals surface area contributed by atoms with Gasteiger partial charge in [-0.05, 0) is 67.3 Å². The van der Waals surface area contributed by atoms with Crippen molar-refractivity contribution in [2.24, 2.45) is 0 Å². The molecule has 1 aliphatic heterocycles. The van der Waals surface area contributed by atoms with Gasteiger partial charge < -0.3 is 20.1 Å². The van der Waals surface area contributed by atoms with Crippen molar-refractivity contribution >= 4 is 11.6 Å². The molecule has 208 valence electrons. The second kappa shape index (κ2) is 12.6. The van der Waals surface area contributed by atoms with Gasteiger partial charge >= 0.3 is 6.36 Å². The van der Waals surface area contributed by atoms with Crippen LogP contribution in [0.15, 0.2) is 66.7 Å². The first-order valence-corrected chi connectivity index (χ1v) is 12.6. The Balaban J connectivity index is 1.50. The lowest BCUT2D eigenvalue weighted by Gasteiger charge is -2.28. The summed E-state index contributed by atoms with van der Waals surface area (Å²) in [5, 5.41) is 6.11. The van der Waals surface area contributed by atoms with Crippen molar-refractivity contribution in [2.45, 2.75) is 50.6 Å². The van der Waals surface area contributed by atoms with Crippen molar-refractivity contribution in [1.82, 2.24) is 5.32 Å². The van der Waals surface area contributed by atoms with Gasteiger partial charge in [0.25, 0.3) is 0 Å². The van der Waals surface area contributed by atoms with Crippen LogP contribution in [0.2, 0.25) is 0 Å². The van der Waals surface area contributed by atoms with Crippen molar-refractivity contribution in [3.8, 4) is 5.75 Å². The number of hydrogen-bond acceptors (Lipinski definition) is 4. The summed E-state index contributed by atoms with van der Waals surface area (Å²) in [7, 11) is 0. The molecular weight excluding hydrogens is 519 g/mol. The average molecular weight is 549 g/mol. The molecule has 3 aromatic carbocycles. The molecule has 5 nitrogen and oxygen atoms in total. The third kappa shape index (κ3) is 8.24. The Kier molecular flexibility index (Phi) is 9.19. The maximum absolute atomic E-state index is 14.8. The number of benzene rings is 3. The molecule has 1 aliphatic rings. The molecule has 0 spiro atoms. The molecule has 10 heteroatoms. The summed E-state index contributed by atoms with van der Waals surface area (Å²) in [5.41, 5.74) is 1.82. The Morgan fingerprint density at radius 1 is 1.05 bits per heavy atom. The first kappa shape index (κ1) is 28.5. The Labute approximate surface area is 223 Å². The number of hydrogen-bond donors (Lipinski definition) is 2. The lowest BCUT2D eigenvalue weighted by Crippen LogP contribution is -2.44. The number of halogens is 5. The molecular formula is C29H29F5N2O3. The first-order valence-electron chi connectivity index (χ1n) is 12.6. The van der Waals surface area contributed by atoms with Crippen molar-refractivity contribution in [3.05, 3.63) is 95.1 Å². The third-order valence-corrected chi connectivity index (χ3v) is 6.56. The van der Waals surface area contributed by atoms with Crippen LogP contribution in [0.1, 0.15) is 42.4 Å². The third-order valence-electron chi connectivity index (χ3n) is 6.56. The van der Waals surface area contributed by atoms with E-state index in [0.29, 0.717) is 48.4 Å². The lowest BCUT2D eigenvalue weighted by atomic mass is 9.88. The van der Waals surface area contributed by atoms with Crippen LogP contribution in [-0.4, -0.2) is 37.6 Å². The molecule has 1 saturated heterocycles. The van der Waals surface area contributed by atoms with Gasteiger partial charge in [0.1, 0.15) is 17.4 Å². The molecule has 0 bridgehead atoms. The van der Waals surface area contributed by atoms with Crippen LogP contribution in [0.4, 0.5) is 27.6 Å². The summed E-state index contributed by atoms with van der Waals surface area (Å²) in [4.78, 5) is 13.2. The van der Waals surface area contributed by atoms with Gasteiger partial charge in [-0.15, -0.1) is 13.2 Å². The molecule has 1 amide bonds. The highest BCUT2D eigenvalue weighted by atomic mass is 19.4. The minimum Gasteiger partial charge on any atom is -0.406 e. The fraction of sp³-hybridized carbons (Fsp3) is 0.345. The second-order valence-electron chi connectivity index (χ2n) is 9.54. The zero-order chi connectivity index (χ0) is 28.0. The smallest absolute Gasteiger partial charge is 0.406 e. The molecule has 0 unspecified atom stereocenters. The van der Waals surface area contributed by atoms with E-state index in [2.05, 4.69) is 15.4 Å². The van der Waals surface area contributed by atoms with Crippen molar-refractivity contribution < 1.29 is 36.2 Å². The summed E-state index contributed by atoms with van der Waals surface area (Å²) in [6.07, 6.45) is -4.11. The van der Waals surface area contributed by atoms with E-state index in [4.69, 9.17) is 4.74 Å². The quantitative estimate of drug-likeness (QED) is 0.307.